The molecule has 0 saturated carbocycles. The van der Waals surface area contributed by atoms with Crippen molar-refractivity contribution < 1.29 is 14.3 Å². The number of hydrogen-bond acceptors (Lipinski definition) is 5. The number of aromatic nitrogens is 2. The maximum Gasteiger partial charge on any atom is 0.239 e. The first-order valence-corrected chi connectivity index (χ1v) is 10.8. The van der Waals surface area contributed by atoms with E-state index in [1.54, 1.807) is 23.9 Å². The second kappa shape index (κ2) is 9.96. The summed E-state index contributed by atoms with van der Waals surface area (Å²) in [6, 6.07) is 9.82. The Hall–Kier alpha value is -2.87. The summed E-state index contributed by atoms with van der Waals surface area (Å²) in [5, 5.41) is 7.24. The van der Waals surface area contributed by atoms with Crippen LogP contribution in [0.5, 0.6) is 5.75 Å². The summed E-state index contributed by atoms with van der Waals surface area (Å²) >= 11 is 0. The van der Waals surface area contributed by atoms with Gasteiger partial charge in [0, 0.05) is 38.7 Å². The lowest BCUT2D eigenvalue weighted by Crippen LogP contribution is -2.51. The van der Waals surface area contributed by atoms with Gasteiger partial charge in [-0.15, -0.1) is 0 Å². The van der Waals surface area contributed by atoms with Gasteiger partial charge in [0.05, 0.1) is 24.9 Å². The van der Waals surface area contributed by atoms with E-state index in [-0.39, 0.29) is 36.5 Å². The van der Waals surface area contributed by atoms with Crippen molar-refractivity contribution in [2.45, 2.75) is 52.8 Å². The molecule has 3 rings (SSSR count). The fraction of sp³-hybridized carbons (Fsp3) is 0.522. The van der Waals surface area contributed by atoms with E-state index in [1.165, 1.54) is 0 Å². The van der Waals surface area contributed by atoms with Gasteiger partial charge >= 0.3 is 0 Å². The lowest BCUT2D eigenvalue weighted by atomic mass is 10.0. The molecule has 2 aromatic rings. The molecular weight excluding hydrogens is 394 g/mol. The minimum absolute atomic E-state index is 0.0506. The molecule has 0 unspecified atom stereocenters. The van der Waals surface area contributed by atoms with Gasteiger partial charge in [-0.1, -0.05) is 12.1 Å². The molecule has 1 saturated heterocycles. The summed E-state index contributed by atoms with van der Waals surface area (Å²) in [6.45, 7) is 11.6. The number of hydrogen-bond donors (Lipinski definition) is 1. The molecule has 1 aliphatic heterocycles. The number of piperazine rings is 1. The summed E-state index contributed by atoms with van der Waals surface area (Å²) in [5.74, 6) is 1.46. The molecule has 0 radical (unpaired) electrons. The zero-order valence-corrected chi connectivity index (χ0v) is 19.0. The fourth-order valence-corrected chi connectivity index (χ4v) is 3.84. The predicted octanol–water partition coefficient (Wildman–Crippen LogP) is 3.10. The Morgan fingerprint density at radius 3 is 2.45 bits per heavy atom. The summed E-state index contributed by atoms with van der Waals surface area (Å²) in [5.41, 5.74) is 1.06. The SMILES string of the molecule is CC(=O)N1CCN(CC(=O)Nc2ccnn2C(C)C)[C@@H](c2ccc(OC(C)C)cc2)C1. The molecule has 1 aromatic carbocycles. The zero-order valence-electron chi connectivity index (χ0n) is 19.0. The third kappa shape index (κ3) is 5.85. The van der Waals surface area contributed by atoms with Crippen molar-refractivity contribution in [2.75, 3.05) is 31.5 Å². The van der Waals surface area contributed by atoms with Crippen LogP contribution >= 0.6 is 0 Å². The number of nitrogens with zero attached hydrogens (tertiary/aromatic N) is 4. The molecule has 0 aliphatic carbocycles. The molecule has 8 heteroatoms. The van der Waals surface area contributed by atoms with Crippen LogP contribution in [-0.2, 0) is 9.59 Å². The Bertz CT molecular complexity index is 891. The van der Waals surface area contributed by atoms with Gasteiger partial charge < -0.3 is 15.0 Å². The van der Waals surface area contributed by atoms with Gasteiger partial charge in [-0.3, -0.25) is 14.5 Å². The fourth-order valence-electron chi connectivity index (χ4n) is 3.84. The van der Waals surface area contributed by atoms with Crippen molar-refractivity contribution >= 4 is 17.6 Å². The topological polar surface area (TPSA) is 79.7 Å². The third-order valence-electron chi connectivity index (χ3n) is 5.35. The number of nitrogens with one attached hydrogen (secondary N) is 1. The van der Waals surface area contributed by atoms with E-state index in [1.807, 2.05) is 56.9 Å². The van der Waals surface area contributed by atoms with Gasteiger partial charge in [-0.25, -0.2) is 4.68 Å². The molecule has 168 valence electrons. The summed E-state index contributed by atoms with van der Waals surface area (Å²) in [6.07, 6.45) is 1.79. The van der Waals surface area contributed by atoms with Crippen molar-refractivity contribution in [3.8, 4) is 5.75 Å². The van der Waals surface area contributed by atoms with Crippen molar-refractivity contribution in [3.05, 3.63) is 42.1 Å². The smallest absolute Gasteiger partial charge is 0.239 e. The average molecular weight is 428 g/mol. The van der Waals surface area contributed by atoms with Gasteiger partial charge in [0.1, 0.15) is 11.6 Å². The average Bonchev–Trinajstić information content (AvgIpc) is 3.16. The normalized spacial score (nSPS) is 17.3. The molecule has 0 spiro atoms. The highest BCUT2D eigenvalue weighted by Crippen LogP contribution is 2.27. The molecule has 1 aromatic heterocycles. The maximum absolute atomic E-state index is 12.8. The van der Waals surface area contributed by atoms with E-state index >= 15 is 0 Å². The van der Waals surface area contributed by atoms with Crippen LogP contribution in [0, 0.1) is 0 Å². The van der Waals surface area contributed by atoms with E-state index in [0.717, 1.165) is 11.3 Å². The number of rotatable bonds is 7. The Morgan fingerprint density at radius 2 is 1.84 bits per heavy atom. The number of carbonyl (C=O) groups is 2. The highest BCUT2D eigenvalue weighted by molar-refractivity contribution is 5.91. The first-order valence-electron chi connectivity index (χ1n) is 10.8. The molecule has 31 heavy (non-hydrogen) atoms. The minimum atomic E-state index is -0.0940. The van der Waals surface area contributed by atoms with Gasteiger partial charge in [0.15, 0.2) is 0 Å². The monoisotopic (exact) mass is 427 g/mol. The number of carbonyl (C=O) groups excluding carboxylic acids is 2. The second-order valence-corrected chi connectivity index (χ2v) is 8.49. The molecule has 2 heterocycles. The molecule has 8 nitrogen and oxygen atoms in total. The summed E-state index contributed by atoms with van der Waals surface area (Å²) < 4.78 is 7.53. The molecular formula is C23H33N5O3. The van der Waals surface area contributed by atoms with Gasteiger partial charge in [0.2, 0.25) is 11.8 Å². The van der Waals surface area contributed by atoms with Gasteiger partial charge in [-0.05, 0) is 45.4 Å². The molecule has 0 bridgehead atoms. The molecule has 1 fully saturated rings. The van der Waals surface area contributed by atoms with Crippen molar-refractivity contribution in [3.63, 3.8) is 0 Å². The summed E-state index contributed by atoms with van der Waals surface area (Å²) in [7, 11) is 0. The summed E-state index contributed by atoms with van der Waals surface area (Å²) in [4.78, 5) is 28.8. The highest BCUT2D eigenvalue weighted by atomic mass is 16.5. The number of amides is 2. The van der Waals surface area contributed by atoms with Crippen LogP contribution < -0.4 is 10.1 Å². The molecule has 1 aliphatic rings. The first kappa shape index (κ1) is 22.8. The van der Waals surface area contributed by atoms with Crippen molar-refractivity contribution in [1.29, 1.82) is 0 Å². The quantitative estimate of drug-likeness (QED) is 0.735. The Kier molecular flexibility index (Phi) is 7.33. The first-order chi connectivity index (χ1) is 14.7. The van der Waals surface area contributed by atoms with Crippen LogP contribution in [0.25, 0.3) is 0 Å². The van der Waals surface area contributed by atoms with Crippen LogP contribution in [0.3, 0.4) is 0 Å². The van der Waals surface area contributed by atoms with E-state index < -0.39 is 0 Å². The predicted molar refractivity (Wildman–Crippen MR) is 120 cm³/mol. The standard InChI is InChI=1S/C23H33N5O3/c1-16(2)28-22(10-11-24-28)25-23(30)15-27-13-12-26(18(5)29)14-21(27)19-6-8-20(9-7-19)31-17(3)4/h6-11,16-17,21H,12-15H2,1-5H3,(H,25,30)/t21-/m1/s1. The molecule has 1 N–H and O–H groups in total. The third-order valence-corrected chi connectivity index (χ3v) is 5.35. The molecule has 2 amide bonds. The van der Waals surface area contributed by atoms with Gasteiger partial charge in [0.25, 0.3) is 0 Å². The van der Waals surface area contributed by atoms with Crippen LogP contribution in [0.1, 0.15) is 52.3 Å². The maximum atomic E-state index is 12.8. The van der Waals surface area contributed by atoms with Crippen LogP contribution in [-0.4, -0.2) is 63.7 Å². The number of anilines is 1. The lowest BCUT2D eigenvalue weighted by Gasteiger charge is -2.41. The van der Waals surface area contributed by atoms with Crippen LogP contribution in [0.2, 0.25) is 0 Å². The Morgan fingerprint density at radius 1 is 1.13 bits per heavy atom. The lowest BCUT2D eigenvalue weighted by molar-refractivity contribution is -0.132. The van der Waals surface area contributed by atoms with Crippen molar-refractivity contribution in [1.82, 2.24) is 19.6 Å². The highest BCUT2D eigenvalue weighted by Gasteiger charge is 2.31. The molecule has 1 atom stereocenters. The largest absolute Gasteiger partial charge is 0.491 e. The number of ether oxygens (including phenoxy) is 1. The van der Waals surface area contributed by atoms with E-state index in [0.29, 0.717) is 25.5 Å². The van der Waals surface area contributed by atoms with E-state index in [4.69, 9.17) is 4.74 Å². The van der Waals surface area contributed by atoms with E-state index in [9.17, 15) is 9.59 Å². The van der Waals surface area contributed by atoms with Crippen LogP contribution in [0.15, 0.2) is 36.5 Å². The Labute approximate surface area is 184 Å². The Balaban J connectivity index is 1.74. The van der Waals surface area contributed by atoms with Crippen molar-refractivity contribution in [2.24, 2.45) is 0 Å². The van der Waals surface area contributed by atoms with Gasteiger partial charge in [-0.2, -0.15) is 5.10 Å². The van der Waals surface area contributed by atoms with E-state index in [2.05, 4.69) is 15.3 Å². The minimum Gasteiger partial charge on any atom is -0.491 e. The number of benzene rings is 1. The zero-order chi connectivity index (χ0) is 22.5. The van der Waals surface area contributed by atoms with Crippen LogP contribution in [0.4, 0.5) is 5.82 Å². The second-order valence-electron chi connectivity index (χ2n) is 8.49.